The van der Waals surface area contributed by atoms with Gasteiger partial charge in [0.05, 0.1) is 0 Å². The van der Waals surface area contributed by atoms with E-state index >= 15 is 0 Å². The maximum absolute atomic E-state index is 11.8. The van der Waals surface area contributed by atoms with Crippen molar-refractivity contribution >= 4 is 11.6 Å². The highest BCUT2D eigenvalue weighted by atomic mass is 16.1. The van der Waals surface area contributed by atoms with E-state index in [-0.39, 0.29) is 5.91 Å². The van der Waals surface area contributed by atoms with E-state index in [0.717, 1.165) is 31.4 Å². The van der Waals surface area contributed by atoms with Crippen molar-refractivity contribution in [1.29, 1.82) is 0 Å². The topological polar surface area (TPSA) is 55.1 Å². The van der Waals surface area contributed by atoms with Crippen LogP contribution in [0.15, 0.2) is 24.3 Å². The molecule has 2 atom stereocenters. The number of carbonyl (C=O) groups is 1. The number of primary amides is 1. The predicted octanol–water partition coefficient (Wildman–Crippen LogP) is 2.84. The number of benzene rings is 1. The van der Waals surface area contributed by atoms with Gasteiger partial charge in [-0.15, -0.1) is 0 Å². The molecule has 3 heteroatoms. The molecule has 1 aromatic carbocycles. The predicted molar refractivity (Wildman–Crippen MR) is 74.4 cm³/mol. The van der Waals surface area contributed by atoms with Crippen LogP contribution in [0.4, 0.5) is 5.69 Å². The highest BCUT2D eigenvalue weighted by Crippen LogP contribution is 2.38. The van der Waals surface area contributed by atoms with Crippen LogP contribution in [-0.2, 0) is 4.79 Å². The minimum absolute atomic E-state index is 0.222. The van der Waals surface area contributed by atoms with E-state index in [9.17, 15) is 4.79 Å². The van der Waals surface area contributed by atoms with E-state index in [1.54, 1.807) is 0 Å². The van der Waals surface area contributed by atoms with E-state index in [0.29, 0.717) is 5.92 Å². The van der Waals surface area contributed by atoms with Gasteiger partial charge in [-0.05, 0) is 49.8 Å². The Bertz CT molecular complexity index is 444. The Morgan fingerprint density at radius 3 is 2.89 bits per heavy atom. The molecule has 0 heterocycles. The molecule has 0 spiro atoms. The van der Waals surface area contributed by atoms with Crippen LogP contribution in [-0.4, -0.2) is 11.4 Å². The molecule has 0 aliphatic heterocycles. The number of nitrogens with two attached hydrogens (primary N) is 1. The van der Waals surface area contributed by atoms with Crippen molar-refractivity contribution in [1.82, 2.24) is 0 Å². The first-order valence-electron chi connectivity index (χ1n) is 6.70. The van der Waals surface area contributed by atoms with E-state index in [2.05, 4.69) is 18.3 Å². The van der Waals surface area contributed by atoms with Gasteiger partial charge < -0.3 is 11.1 Å². The maximum Gasteiger partial charge on any atom is 0.243 e. The maximum atomic E-state index is 11.8. The molecule has 0 aromatic heterocycles. The van der Waals surface area contributed by atoms with Gasteiger partial charge in [0, 0.05) is 5.69 Å². The van der Waals surface area contributed by atoms with E-state index < -0.39 is 5.54 Å². The summed E-state index contributed by atoms with van der Waals surface area (Å²) in [6.07, 6.45) is 3.89. The van der Waals surface area contributed by atoms with Crippen molar-refractivity contribution in [3.8, 4) is 0 Å². The number of carbonyl (C=O) groups excluding carboxylic acids is 1. The first kappa shape index (κ1) is 12.9. The molecule has 0 saturated heterocycles. The van der Waals surface area contributed by atoms with Crippen molar-refractivity contribution in [3.05, 3.63) is 29.8 Å². The van der Waals surface area contributed by atoms with Gasteiger partial charge in [-0.1, -0.05) is 25.5 Å². The number of nitrogens with one attached hydrogen (secondary N) is 1. The lowest BCUT2D eigenvalue weighted by Crippen LogP contribution is -2.48. The SMILES string of the molecule is CCC1CCC(Nc2cccc(C)c2)(C(N)=O)C1. The zero-order chi connectivity index (χ0) is 13.2. The zero-order valence-corrected chi connectivity index (χ0v) is 11.2. The summed E-state index contributed by atoms with van der Waals surface area (Å²) in [6.45, 7) is 4.22. The quantitative estimate of drug-likeness (QED) is 0.858. The molecule has 2 unspecified atom stereocenters. The van der Waals surface area contributed by atoms with Crippen molar-refractivity contribution in [2.75, 3.05) is 5.32 Å². The molecule has 1 fully saturated rings. The van der Waals surface area contributed by atoms with Crippen molar-refractivity contribution in [2.45, 2.75) is 45.1 Å². The molecule has 18 heavy (non-hydrogen) atoms. The number of hydrogen-bond acceptors (Lipinski definition) is 2. The molecular formula is C15H22N2O. The molecule has 0 radical (unpaired) electrons. The zero-order valence-electron chi connectivity index (χ0n) is 11.2. The largest absolute Gasteiger partial charge is 0.371 e. The van der Waals surface area contributed by atoms with Gasteiger partial charge in [-0.2, -0.15) is 0 Å². The van der Waals surface area contributed by atoms with E-state index in [1.807, 2.05) is 25.1 Å². The Hall–Kier alpha value is -1.51. The second kappa shape index (κ2) is 5.01. The number of hydrogen-bond donors (Lipinski definition) is 2. The summed E-state index contributed by atoms with van der Waals surface area (Å²) in [5.74, 6) is 0.384. The van der Waals surface area contributed by atoms with Crippen LogP contribution in [0.25, 0.3) is 0 Å². The fourth-order valence-electron chi connectivity index (χ4n) is 2.89. The summed E-state index contributed by atoms with van der Waals surface area (Å²) in [5.41, 5.74) is 7.26. The van der Waals surface area contributed by atoms with Crippen LogP contribution in [0, 0.1) is 12.8 Å². The normalized spacial score (nSPS) is 27.1. The van der Waals surface area contributed by atoms with Gasteiger partial charge in [-0.3, -0.25) is 4.79 Å². The Morgan fingerprint density at radius 2 is 2.33 bits per heavy atom. The molecule has 98 valence electrons. The Kier molecular flexibility index (Phi) is 3.60. The van der Waals surface area contributed by atoms with Gasteiger partial charge in [-0.25, -0.2) is 0 Å². The highest BCUT2D eigenvalue weighted by Gasteiger charge is 2.43. The fourth-order valence-corrected chi connectivity index (χ4v) is 2.89. The first-order valence-corrected chi connectivity index (χ1v) is 6.70. The second-order valence-electron chi connectivity index (χ2n) is 5.46. The Morgan fingerprint density at radius 1 is 1.56 bits per heavy atom. The number of anilines is 1. The third kappa shape index (κ3) is 2.50. The smallest absolute Gasteiger partial charge is 0.243 e. The first-order chi connectivity index (χ1) is 8.55. The van der Waals surface area contributed by atoms with Crippen LogP contribution in [0.5, 0.6) is 0 Å². The lowest BCUT2D eigenvalue weighted by molar-refractivity contribution is -0.122. The summed E-state index contributed by atoms with van der Waals surface area (Å²) in [4.78, 5) is 11.8. The lowest BCUT2D eigenvalue weighted by atomic mass is 9.93. The van der Waals surface area contributed by atoms with Crippen molar-refractivity contribution in [3.63, 3.8) is 0 Å². The highest BCUT2D eigenvalue weighted by molar-refractivity contribution is 5.88. The summed E-state index contributed by atoms with van der Waals surface area (Å²) >= 11 is 0. The minimum atomic E-state index is -0.547. The average molecular weight is 246 g/mol. The molecule has 3 nitrogen and oxygen atoms in total. The molecule has 3 N–H and O–H groups in total. The lowest BCUT2D eigenvalue weighted by Gasteiger charge is -2.28. The average Bonchev–Trinajstić information content (AvgIpc) is 2.74. The fraction of sp³-hybridized carbons (Fsp3) is 0.533. The van der Waals surface area contributed by atoms with Gasteiger partial charge >= 0.3 is 0 Å². The number of aryl methyl sites for hydroxylation is 1. The third-order valence-corrected chi connectivity index (χ3v) is 4.07. The number of rotatable bonds is 4. The van der Waals surface area contributed by atoms with Crippen LogP contribution in [0.2, 0.25) is 0 Å². The molecule has 1 aromatic rings. The third-order valence-electron chi connectivity index (χ3n) is 4.07. The minimum Gasteiger partial charge on any atom is -0.371 e. The van der Waals surface area contributed by atoms with Gasteiger partial charge in [0.1, 0.15) is 5.54 Å². The molecule has 1 amide bonds. The molecule has 0 bridgehead atoms. The van der Waals surface area contributed by atoms with Crippen molar-refractivity contribution < 1.29 is 4.79 Å². The molecule has 1 saturated carbocycles. The molecule has 1 aliphatic carbocycles. The second-order valence-corrected chi connectivity index (χ2v) is 5.46. The summed E-state index contributed by atoms with van der Waals surface area (Å²) < 4.78 is 0. The Balaban J connectivity index is 2.20. The van der Waals surface area contributed by atoms with Crippen LogP contribution < -0.4 is 11.1 Å². The van der Waals surface area contributed by atoms with Gasteiger partial charge in [0.15, 0.2) is 0 Å². The monoisotopic (exact) mass is 246 g/mol. The van der Waals surface area contributed by atoms with E-state index in [1.165, 1.54) is 5.56 Å². The molecule has 2 rings (SSSR count). The summed E-state index contributed by atoms with van der Waals surface area (Å²) in [5, 5.41) is 3.38. The van der Waals surface area contributed by atoms with Crippen LogP contribution >= 0.6 is 0 Å². The van der Waals surface area contributed by atoms with Crippen molar-refractivity contribution in [2.24, 2.45) is 11.7 Å². The number of amides is 1. The summed E-state index contributed by atoms with van der Waals surface area (Å²) in [6, 6.07) is 8.10. The standard InChI is InChI=1S/C15H22N2O/c1-3-12-7-8-15(10-12,14(16)18)17-13-6-4-5-11(2)9-13/h4-6,9,12,17H,3,7-8,10H2,1-2H3,(H2,16,18). The van der Waals surface area contributed by atoms with Gasteiger partial charge in [0.25, 0.3) is 0 Å². The Labute approximate surface area is 109 Å². The molecular weight excluding hydrogens is 224 g/mol. The van der Waals surface area contributed by atoms with Crippen LogP contribution in [0.1, 0.15) is 38.2 Å². The molecule has 1 aliphatic rings. The van der Waals surface area contributed by atoms with E-state index in [4.69, 9.17) is 5.73 Å². The van der Waals surface area contributed by atoms with Crippen LogP contribution in [0.3, 0.4) is 0 Å². The van der Waals surface area contributed by atoms with Gasteiger partial charge in [0.2, 0.25) is 5.91 Å². The summed E-state index contributed by atoms with van der Waals surface area (Å²) in [7, 11) is 0.